The zero-order valence-electron chi connectivity index (χ0n) is 11.5. The van der Waals surface area contributed by atoms with Crippen LogP contribution in [0.4, 0.5) is 0 Å². The Morgan fingerprint density at radius 1 is 0.900 bits per heavy atom. The van der Waals surface area contributed by atoms with Crippen LogP contribution in [0.15, 0.2) is 54.0 Å². The van der Waals surface area contributed by atoms with Crippen LogP contribution in [0.1, 0.15) is 5.56 Å². The van der Waals surface area contributed by atoms with Crippen LogP contribution in [-0.4, -0.2) is 11.5 Å². The molecule has 0 spiro atoms. The first kappa shape index (κ1) is 12.9. The van der Waals surface area contributed by atoms with Crippen molar-refractivity contribution in [3.05, 3.63) is 59.6 Å². The molecule has 0 aliphatic carbocycles. The number of nitrogens with zero attached hydrogens (tertiary/aromatic N) is 1. The molecule has 0 bridgehead atoms. The van der Waals surface area contributed by atoms with Crippen LogP contribution in [0.25, 0.3) is 22.3 Å². The van der Waals surface area contributed by atoms with Gasteiger partial charge in [-0.15, -0.1) is 0 Å². The molecule has 3 heteroatoms. The van der Waals surface area contributed by atoms with Crippen molar-refractivity contribution in [3.8, 4) is 28.0 Å². The smallest absolute Gasteiger partial charge is 0.118 e. The molecule has 0 aliphatic rings. The molecular formula is C17H15NOS. The Bertz CT molecular complexity index is 702. The van der Waals surface area contributed by atoms with Crippen molar-refractivity contribution in [2.75, 3.05) is 7.11 Å². The van der Waals surface area contributed by atoms with Gasteiger partial charge in [-0.1, -0.05) is 24.3 Å². The van der Waals surface area contributed by atoms with E-state index < -0.39 is 0 Å². The van der Waals surface area contributed by atoms with Gasteiger partial charge in [-0.05, 0) is 58.9 Å². The number of ether oxygens (including phenoxy) is 1. The number of aromatic nitrogens is 1. The normalized spacial score (nSPS) is 10.5. The summed E-state index contributed by atoms with van der Waals surface area (Å²) < 4.78 is 9.38. The van der Waals surface area contributed by atoms with Gasteiger partial charge in [-0.3, -0.25) is 0 Å². The molecule has 2 aromatic carbocycles. The van der Waals surface area contributed by atoms with Crippen molar-refractivity contribution < 1.29 is 4.74 Å². The van der Waals surface area contributed by atoms with Crippen LogP contribution in [0.5, 0.6) is 5.75 Å². The topological polar surface area (TPSA) is 22.1 Å². The van der Waals surface area contributed by atoms with E-state index in [0.717, 1.165) is 5.75 Å². The molecule has 1 heterocycles. The van der Waals surface area contributed by atoms with E-state index in [2.05, 4.69) is 47.0 Å². The monoisotopic (exact) mass is 281 g/mol. The Labute approximate surface area is 122 Å². The lowest BCUT2D eigenvalue weighted by Crippen LogP contribution is -1.85. The molecule has 0 saturated heterocycles. The summed E-state index contributed by atoms with van der Waals surface area (Å²) >= 11 is 1.48. The summed E-state index contributed by atoms with van der Waals surface area (Å²) in [6.07, 6.45) is 1.91. The van der Waals surface area contributed by atoms with Crippen molar-refractivity contribution in [2.24, 2.45) is 0 Å². The van der Waals surface area contributed by atoms with Crippen LogP contribution >= 0.6 is 11.5 Å². The Morgan fingerprint density at radius 2 is 1.60 bits per heavy atom. The molecule has 100 valence electrons. The molecule has 0 unspecified atom stereocenters. The average molecular weight is 281 g/mol. The molecule has 0 fully saturated rings. The molecule has 3 rings (SSSR count). The third kappa shape index (κ3) is 2.58. The van der Waals surface area contributed by atoms with E-state index in [1.807, 2.05) is 18.3 Å². The minimum Gasteiger partial charge on any atom is -0.497 e. The maximum atomic E-state index is 5.20. The largest absolute Gasteiger partial charge is 0.497 e. The molecule has 0 radical (unpaired) electrons. The van der Waals surface area contributed by atoms with Crippen molar-refractivity contribution >= 4 is 11.5 Å². The van der Waals surface area contributed by atoms with Crippen LogP contribution < -0.4 is 4.74 Å². The zero-order chi connectivity index (χ0) is 13.9. The molecule has 0 amide bonds. The summed E-state index contributed by atoms with van der Waals surface area (Å²) in [5, 5.41) is 2.08. The summed E-state index contributed by atoms with van der Waals surface area (Å²) in [6, 6.07) is 14.7. The minimum atomic E-state index is 0.878. The van der Waals surface area contributed by atoms with E-state index in [9.17, 15) is 0 Å². The molecule has 1 aromatic heterocycles. The fourth-order valence-electron chi connectivity index (χ4n) is 2.25. The van der Waals surface area contributed by atoms with E-state index in [1.54, 1.807) is 7.11 Å². The first-order chi connectivity index (χ1) is 9.76. The minimum absolute atomic E-state index is 0.878. The summed E-state index contributed by atoms with van der Waals surface area (Å²) in [4.78, 5) is 0. The van der Waals surface area contributed by atoms with Gasteiger partial charge in [0, 0.05) is 17.1 Å². The first-order valence-electron chi connectivity index (χ1n) is 6.42. The van der Waals surface area contributed by atoms with Gasteiger partial charge in [-0.25, -0.2) is 4.37 Å². The highest BCUT2D eigenvalue weighted by Gasteiger charge is 2.05. The Balaban J connectivity index is 2.04. The second-order valence-corrected chi connectivity index (χ2v) is 5.39. The Kier molecular flexibility index (Phi) is 3.52. The lowest BCUT2D eigenvalue weighted by atomic mass is 9.98. The SMILES string of the molecule is COc1ccc(-c2cc(C)cc(-c3cnsc3)c2)cc1. The lowest BCUT2D eigenvalue weighted by Gasteiger charge is -2.08. The summed E-state index contributed by atoms with van der Waals surface area (Å²) in [6.45, 7) is 2.12. The molecule has 3 aromatic rings. The van der Waals surface area contributed by atoms with Crippen LogP contribution in [0.3, 0.4) is 0 Å². The molecule has 0 saturated carbocycles. The second-order valence-electron chi connectivity index (χ2n) is 4.73. The van der Waals surface area contributed by atoms with Crippen LogP contribution in [-0.2, 0) is 0 Å². The van der Waals surface area contributed by atoms with Crippen molar-refractivity contribution in [3.63, 3.8) is 0 Å². The predicted molar refractivity (Wildman–Crippen MR) is 84.3 cm³/mol. The van der Waals surface area contributed by atoms with E-state index in [4.69, 9.17) is 4.74 Å². The summed E-state index contributed by atoms with van der Waals surface area (Å²) in [7, 11) is 1.68. The first-order valence-corrected chi connectivity index (χ1v) is 7.26. The quantitative estimate of drug-likeness (QED) is 0.688. The lowest BCUT2D eigenvalue weighted by molar-refractivity contribution is 0.415. The third-order valence-corrected chi connectivity index (χ3v) is 3.85. The Hall–Kier alpha value is -2.13. The summed E-state index contributed by atoms with van der Waals surface area (Å²) in [5.41, 5.74) is 6.05. The van der Waals surface area contributed by atoms with E-state index in [0.29, 0.717) is 0 Å². The van der Waals surface area contributed by atoms with Gasteiger partial charge in [0.15, 0.2) is 0 Å². The van der Waals surface area contributed by atoms with Crippen LogP contribution in [0, 0.1) is 6.92 Å². The number of methoxy groups -OCH3 is 1. The van der Waals surface area contributed by atoms with Gasteiger partial charge in [0.05, 0.1) is 7.11 Å². The predicted octanol–water partition coefficient (Wildman–Crippen LogP) is 4.79. The zero-order valence-corrected chi connectivity index (χ0v) is 12.3. The van der Waals surface area contributed by atoms with Crippen molar-refractivity contribution in [2.45, 2.75) is 6.92 Å². The molecule has 0 N–H and O–H groups in total. The fourth-order valence-corrected chi connectivity index (χ4v) is 2.79. The number of hydrogen-bond donors (Lipinski definition) is 0. The highest BCUT2D eigenvalue weighted by Crippen LogP contribution is 2.29. The maximum Gasteiger partial charge on any atom is 0.118 e. The van der Waals surface area contributed by atoms with Gasteiger partial charge in [0.25, 0.3) is 0 Å². The van der Waals surface area contributed by atoms with E-state index in [-0.39, 0.29) is 0 Å². The van der Waals surface area contributed by atoms with Crippen molar-refractivity contribution in [1.29, 1.82) is 0 Å². The van der Waals surface area contributed by atoms with Gasteiger partial charge in [0.2, 0.25) is 0 Å². The number of benzene rings is 2. The summed E-state index contributed by atoms with van der Waals surface area (Å²) in [5.74, 6) is 0.878. The van der Waals surface area contributed by atoms with E-state index in [1.165, 1.54) is 39.3 Å². The second kappa shape index (κ2) is 5.47. The third-order valence-electron chi connectivity index (χ3n) is 3.27. The highest BCUT2D eigenvalue weighted by atomic mass is 32.1. The maximum absolute atomic E-state index is 5.20. The molecule has 20 heavy (non-hydrogen) atoms. The highest BCUT2D eigenvalue weighted by molar-refractivity contribution is 7.03. The standard InChI is InChI=1S/C17H15NOS/c1-12-7-14(13-3-5-17(19-2)6-4-13)9-15(8-12)16-10-18-20-11-16/h3-11H,1-2H3. The van der Waals surface area contributed by atoms with Gasteiger partial charge < -0.3 is 4.74 Å². The number of rotatable bonds is 3. The Morgan fingerprint density at radius 3 is 2.20 bits per heavy atom. The van der Waals surface area contributed by atoms with Crippen molar-refractivity contribution in [1.82, 2.24) is 4.37 Å². The fraction of sp³-hybridized carbons (Fsp3) is 0.118. The molecule has 0 aliphatic heterocycles. The molecular weight excluding hydrogens is 266 g/mol. The average Bonchev–Trinajstić information content (AvgIpc) is 3.01. The van der Waals surface area contributed by atoms with Gasteiger partial charge >= 0.3 is 0 Å². The number of aryl methyl sites for hydroxylation is 1. The van der Waals surface area contributed by atoms with Gasteiger partial charge in [-0.2, -0.15) is 0 Å². The molecule has 0 atom stereocenters. The van der Waals surface area contributed by atoms with E-state index >= 15 is 0 Å². The number of hydrogen-bond acceptors (Lipinski definition) is 3. The van der Waals surface area contributed by atoms with Crippen LogP contribution in [0.2, 0.25) is 0 Å². The van der Waals surface area contributed by atoms with Gasteiger partial charge in [0.1, 0.15) is 5.75 Å². The molecule has 2 nitrogen and oxygen atoms in total.